The van der Waals surface area contributed by atoms with Gasteiger partial charge in [-0.05, 0) is 74.7 Å². The van der Waals surface area contributed by atoms with Gasteiger partial charge in [0.15, 0.2) is 6.29 Å². The van der Waals surface area contributed by atoms with Gasteiger partial charge < -0.3 is 9.47 Å². The number of hydrogen-bond donors (Lipinski definition) is 0. The van der Waals surface area contributed by atoms with E-state index in [0.717, 1.165) is 36.9 Å². The van der Waals surface area contributed by atoms with Crippen molar-refractivity contribution >= 4 is 0 Å². The van der Waals surface area contributed by atoms with E-state index in [1.807, 2.05) is 0 Å². The summed E-state index contributed by atoms with van der Waals surface area (Å²) >= 11 is 0. The van der Waals surface area contributed by atoms with Crippen LogP contribution in [0, 0.1) is 29.6 Å². The Morgan fingerprint density at radius 1 is 0.654 bits per heavy atom. The lowest BCUT2D eigenvalue weighted by atomic mass is 9.69. The van der Waals surface area contributed by atoms with E-state index in [1.54, 1.807) is 0 Å². The van der Waals surface area contributed by atoms with Crippen LogP contribution in [0.4, 0.5) is 0 Å². The molecule has 3 fully saturated rings. The fourth-order valence-electron chi connectivity index (χ4n) is 5.66. The molecule has 2 saturated carbocycles. The Morgan fingerprint density at radius 2 is 1.19 bits per heavy atom. The van der Waals surface area contributed by atoms with Gasteiger partial charge in [-0.2, -0.15) is 0 Å². The van der Waals surface area contributed by atoms with Crippen LogP contribution in [-0.4, -0.2) is 19.5 Å². The Morgan fingerprint density at radius 3 is 1.77 bits per heavy atom. The van der Waals surface area contributed by atoms with Crippen molar-refractivity contribution in [2.75, 3.05) is 13.2 Å². The molecule has 0 amide bonds. The first kappa shape index (κ1) is 20.4. The minimum Gasteiger partial charge on any atom is -0.349 e. The molecule has 2 aliphatic carbocycles. The average molecular weight is 363 g/mol. The fraction of sp³-hybridized carbons (Fsp3) is 0.917. The van der Waals surface area contributed by atoms with E-state index in [0.29, 0.717) is 5.92 Å². The van der Waals surface area contributed by atoms with Crippen LogP contribution in [0.1, 0.15) is 90.9 Å². The van der Waals surface area contributed by atoms with Crippen molar-refractivity contribution in [1.82, 2.24) is 0 Å². The van der Waals surface area contributed by atoms with Crippen LogP contribution < -0.4 is 0 Å². The molecule has 0 spiro atoms. The molecule has 1 aliphatic heterocycles. The molecule has 0 aromatic carbocycles. The molecule has 26 heavy (non-hydrogen) atoms. The Balaban J connectivity index is 1.33. The third-order valence-electron chi connectivity index (χ3n) is 7.30. The second kappa shape index (κ2) is 10.9. The monoisotopic (exact) mass is 362 g/mol. The van der Waals surface area contributed by atoms with Crippen molar-refractivity contribution in [2.45, 2.75) is 97.2 Å². The lowest BCUT2D eigenvalue weighted by Gasteiger charge is -2.37. The first-order valence-corrected chi connectivity index (χ1v) is 11.7. The SMILES string of the molecule is CCCC1CCC(C2CCC(/C=C/C3OCC(CCC)CO3)CC2)CC1. The Kier molecular flexibility index (Phi) is 8.52. The van der Waals surface area contributed by atoms with E-state index in [1.165, 1.54) is 77.0 Å². The average Bonchev–Trinajstić information content (AvgIpc) is 2.69. The van der Waals surface area contributed by atoms with Crippen LogP contribution in [-0.2, 0) is 9.47 Å². The zero-order valence-electron chi connectivity index (χ0n) is 17.3. The summed E-state index contributed by atoms with van der Waals surface area (Å²) in [7, 11) is 0. The largest absolute Gasteiger partial charge is 0.349 e. The predicted octanol–water partition coefficient (Wildman–Crippen LogP) is 6.74. The zero-order valence-corrected chi connectivity index (χ0v) is 17.3. The maximum atomic E-state index is 5.87. The Hall–Kier alpha value is -0.340. The van der Waals surface area contributed by atoms with Crippen LogP contribution in [0.25, 0.3) is 0 Å². The van der Waals surface area contributed by atoms with Crippen LogP contribution in [0.5, 0.6) is 0 Å². The molecule has 0 radical (unpaired) electrons. The zero-order chi connectivity index (χ0) is 18.2. The van der Waals surface area contributed by atoms with Gasteiger partial charge in [-0.3, -0.25) is 0 Å². The van der Waals surface area contributed by atoms with E-state index >= 15 is 0 Å². The summed E-state index contributed by atoms with van der Waals surface area (Å²) in [5.41, 5.74) is 0. The van der Waals surface area contributed by atoms with Crippen molar-refractivity contribution in [3.63, 3.8) is 0 Å². The summed E-state index contributed by atoms with van der Waals surface area (Å²) in [4.78, 5) is 0. The van der Waals surface area contributed by atoms with Gasteiger partial charge in [-0.25, -0.2) is 0 Å². The molecule has 0 unspecified atom stereocenters. The quantitative estimate of drug-likeness (QED) is 0.467. The molecule has 2 nitrogen and oxygen atoms in total. The third kappa shape index (κ3) is 6.09. The van der Waals surface area contributed by atoms with Crippen molar-refractivity contribution in [1.29, 1.82) is 0 Å². The van der Waals surface area contributed by atoms with Gasteiger partial charge >= 0.3 is 0 Å². The van der Waals surface area contributed by atoms with Crippen LogP contribution in [0.2, 0.25) is 0 Å². The number of allylic oxidation sites excluding steroid dienone is 1. The van der Waals surface area contributed by atoms with Crippen molar-refractivity contribution in [2.24, 2.45) is 29.6 Å². The van der Waals surface area contributed by atoms with E-state index in [2.05, 4.69) is 26.0 Å². The van der Waals surface area contributed by atoms with Crippen LogP contribution in [0.3, 0.4) is 0 Å². The standard InChI is InChI=1S/C24H42O2/c1-3-5-19-7-12-22(13-8-19)23-14-9-20(10-15-23)11-16-24-25-17-21(6-4-2)18-26-24/h11,16,19-24H,3-10,12-15,17-18H2,1-2H3/b16-11+. The molecule has 0 N–H and O–H groups in total. The summed E-state index contributed by atoms with van der Waals surface area (Å²) in [5.74, 6) is 4.45. The van der Waals surface area contributed by atoms with E-state index in [9.17, 15) is 0 Å². The lowest BCUT2D eigenvalue weighted by Crippen LogP contribution is -2.31. The summed E-state index contributed by atoms with van der Waals surface area (Å²) in [6.07, 6.45) is 21.5. The number of hydrogen-bond acceptors (Lipinski definition) is 2. The van der Waals surface area contributed by atoms with Gasteiger partial charge in [0.1, 0.15) is 0 Å². The van der Waals surface area contributed by atoms with Crippen LogP contribution in [0.15, 0.2) is 12.2 Å². The second-order valence-corrected chi connectivity index (χ2v) is 9.32. The second-order valence-electron chi connectivity index (χ2n) is 9.32. The Bertz CT molecular complexity index is 394. The molecular formula is C24H42O2. The summed E-state index contributed by atoms with van der Waals surface area (Å²) in [6, 6.07) is 0. The van der Waals surface area contributed by atoms with Crippen LogP contribution >= 0.6 is 0 Å². The Labute approximate surface area is 162 Å². The molecule has 1 heterocycles. The topological polar surface area (TPSA) is 18.5 Å². The molecule has 0 aromatic rings. The summed E-state index contributed by atoms with van der Waals surface area (Å²) in [5, 5.41) is 0. The predicted molar refractivity (Wildman–Crippen MR) is 109 cm³/mol. The van der Waals surface area contributed by atoms with Crippen molar-refractivity contribution < 1.29 is 9.47 Å². The maximum Gasteiger partial charge on any atom is 0.176 e. The lowest BCUT2D eigenvalue weighted by molar-refractivity contribution is -0.175. The molecule has 0 atom stereocenters. The van der Waals surface area contributed by atoms with Crippen molar-refractivity contribution in [3.8, 4) is 0 Å². The summed E-state index contributed by atoms with van der Waals surface area (Å²) in [6.45, 7) is 6.32. The normalized spacial score (nSPS) is 39.3. The highest BCUT2D eigenvalue weighted by Gasteiger charge is 2.30. The highest BCUT2D eigenvalue weighted by atomic mass is 16.7. The molecule has 3 aliphatic rings. The van der Waals surface area contributed by atoms with Gasteiger partial charge in [0.05, 0.1) is 13.2 Å². The molecule has 2 heteroatoms. The minimum atomic E-state index is -0.0883. The van der Waals surface area contributed by atoms with Gasteiger partial charge in [0.25, 0.3) is 0 Å². The third-order valence-corrected chi connectivity index (χ3v) is 7.30. The van der Waals surface area contributed by atoms with E-state index in [-0.39, 0.29) is 6.29 Å². The molecular weight excluding hydrogens is 320 g/mol. The smallest absolute Gasteiger partial charge is 0.176 e. The molecule has 0 aromatic heterocycles. The van der Waals surface area contributed by atoms with E-state index in [4.69, 9.17) is 9.47 Å². The van der Waals surface area contributed by atoms with Gasteiger partial charge in [-0.15, -0.1) is 0 Å². The van der Waals surface area contributed by atoms with Gasteiger partial charge in [-0.1, -0.05) is 52.0 Å². The minimum absolute atomic E-state index is 0.0883. The molecule has 3 rings (SSSR count). The summed E-state index contributed by atoms with van der Waals surface area (Å²) < 4.78 is 11.7. The first-order valence-electron chi connectivity index (χ1n) is 11.7. The molecule has 150 valence electrons. The number of rotatable bonds is 7. The molecule has 1 saturated heterocycles. The van der Waals surface area contributed by atoms with E-state index < -0.39 is 0 Å². The highest BCUT2D eigenvalue weighted by molar-refractivity contribution is 4.95. The van der Waals surface area contributed by atoms with Crippen molar-refractivity contribution in [3.05, 3.63) is 12.2 Å². The fourth-order valence-corrected chi connectivity index (χ4v) is 5.66. The van der Waals surface area contributed by atoms with Gasteiger partial charge in [0, 0.05) is 5.92 Å². The number of ether oxygens (including phenoxy) is 2. The maximum absolute atomic E-state index is 5.87. The molecule has 0 bridgehead atoms. The highest BCUT2D eigenvalue weighted by Crippen LogP contribution is 2.42. The van der Waals surface area contributed by atoms with Gasteiger partial charge in [0.2, 0.25) is 0 Å². The first-order chi connectivity index (χ1) is 12.8.